The van der Waals surface area contributed by atoms with E-state index in [0.717, 1.165) is 35.6 Å². The number of fused-ring (bicyclic) bond motifs is 1. The Balaban J connectivity index is 1.35. The summed E-state index contributed by atoms with van der Waals surface area (Å²) in [7, 11) is 0. The van der Waals surface area contributed by atoms with Gasteiger partial charge in [0, 0.05) is 37.5 Å². The number of nitrogens with zero attached hydrogens (tertiary/aromatic N) is 3. The van der Waals surface area contributed by atoms with Gasteiger partial charge in [0.15, 0.2) is 0 Å². The zero-order valence-corrected chi connectivity index (χ0v) is 20.1. The molecule has 6 heteroatoms. The van der Waals surface area contributed by atoms with Gasteiger partial charge in [0.25, 0.3) is 5.91 Å². The molecule has 0 aliphatic rings. The topological polar surface area (TPSA) is 69.0 Å². The first-order chi connectivity index (χ1) is 16.4. The lowest BCUT2D eigenvalue weighted by Gasteiger charge is -2.19. The molecule has 0 fully saturated rings. The van der Waals surface area contributed by atoms with E-state index in [9.17, 15) is 4.79 Å². The predicted octanol–water partition coefficient (Wildman–Crippen LogP) is 5.17. The number of amides is 1. The van der Waals surface area contributed by atoms with E-state index >= 15 is 0 Å². The number of imidazole rings is 1. The Labute approximate surface area is 201 Å². The van der Waals surface area contributed by atoms with Crippen LogP contribution in [0.25, 0.3) is 11.0 Å². The normalized spacial score (nSPS) is 11.5. The van der Waals surface area contributed by atoms with Gasteiger partial charge in [-0.3, -0.25) is 9.78 Å². The summed E-state index contributed by atoms with van der Waals surface area (Å²) in [5.74, 6) is 1.75. The Morgan fingerprint density at radius 3 is 2.47 bits per heavy atom. The number of carbonyl (C=O) groups is 1. The number of hydrogen-bond acceptors (Lipinski definition) is 4. The van der Waals surface area contributed by atoms with Gasteiger partial charge in [0.05, 0.1) is 17.6 Å². The van der Waals surface area contributed by atoms with E-state index in [1.54, 1.807) is 24.5 Å². The molecule has 0 aliphatic carbocycles. The lowest BCUT2D eigenvalue weighted by Crippen LogP contribution is -2.26. The van der Waals surface area contributed by atoms with E-state index in [0.29, 0.717) is 25.1 Å². The number of pyridine rings is 1. The first kappa shape index (κ1) is 23.5. The highest BCUT2D eigenvalue weighted by atomic mass is 16.5. The standard InChI is InChI=1S/C28H32N4O2/c1-28(2,3)22-9-11-23(12-10-22)34-20-6-19-32-25-8-5-4-7-24(25)31-26(32)15-18-30-27(33)21-13-16-29-17-14-21/h4-5,7-14,16-17H,6,15,18-20H2,1-3H3,(H,30,33). The van der Waals surface area contributed by atoms with Gasteiger partial charge in [0.2, 0.25) is 0 Å². The van der Waals surface area contributed by atoms with E-state index in [4.69, 9.17) is 9.72 Å². The van der Waals surface area contributed by atoms with Crippen LogP contribution in [0.5, 0.6) is 5.75 Å². The fraction of sp³-hybridized carbons (Fsp3) is 0.321. The SMILES string of the molecule is CC(C)(C)c1ccc(OCCCn2c(CCNC(=O)c3ccncc3)nc3ccccc32)cc1. The maximum Gasteiger partial charge on any atom is 0.251 e. The van der Waals surface area contributed by atoms with Crippen LogP contribution in [-0.2, 0) is 18.4 Å². The minimum atomic E-state index is -0.101. The number of rotatable bonds is 9. The molecule has 6 nitrogen and oxygen atoms in total. The number of para-hydroxylation sites is 2. The number of aryl methyl sites for hydroxylation is 1. The van der Waals surface area contributed by atoms with Crippen LogP contribution in [0.1, 0.15) is 48.9 Å². The molecule has 0 spiro atoms. The Kier molecular flexibility index (Phi) is 7.26. The van der Waals surface area contributed by atoms with Crippen LogP contribution < -0.4 is 10.1 Å². The lowest BCUT2D eigenvalue weighted by molar-refractivity contribution is 0.0954. The molecule has 2 heterocycles. The maximum absolute atomic E-state index is 12.3. The molecule has 1 N–H and O–H groups in total. The second-order valence-electron chi connectivity index (χ2n) is 9.39. The summed E-state index contributed by atoms with van der Waals surface area (Å²) in [5.41, 5.74) is 4.11. The molecule has 2 aromatic heterocycles. The zero-order chi connectivity index (χ0) is 24.0. The summed E-state index contributed by atoms with van der Waals surface area (Å²) in [4.78, 5) is 21.1. The Morgan fingerprint density at radius 2 is 1.74 bits per heavy atom. The molecule has 4 rings (SSSR count). The highest BCUT2D eigenvalue weighted by Crippen LogP contribution is 2.24. The van der Waals surface area contributed by atoms with Gasteiger partial charge >= 0.3 is 0 Å². The first-order valence-corrected chi connectivity index (χ1v) is 11.8. The molecule has 2 aromatic carbocycles. The molecule has 0 bridgehead atoms. The summed E-state index contributed by atoms with van der Waals surface area (Å²) in [6.07, 6.45) is 4.75. The third kappa shape index (κ3) is 5.81. The van der Waals surface area contributed by atoms with E-state index in [-0.39, 0.29) is 11.3 Å². The van der Waals surface area contributed by atoms with Crippen LogP contribution in [-0.4, -0.2) is 33.6 Å². The molecule has 0 saturated heterocycles. The van der Waals surface area contributed by atoms with Crippen LogP contribution in [0.15, 0.2) is 73.1 Å². The number of ether oxygens (including phenoxy) is 1. The molecule has 0 atom stereocenters. The second-order valence-corrected chi connectivity index (χ2v) is 9.39. The number of nitrogens with one attached hydrogen (secondary N) is 1. The van der Waals surface area contributed by atoms with Crippen LogP contribution in [0.2, 0.25) is 0 Å². The summed E-state index contributed by atoms with van der Waals surface area (Å²) < 4.78 is 8.23. The van der Waals surface area contributed by atoms with Crippen molar-refractivity contribution < 1.29 is 9.53 Å². The largest absolute Gasteiger partial charge is 0.494 e. The molecule has 176 valence electrons. The van der Waals surface area contributed by atoms with Crippen molar-refractivity contribution in [2.75, 3.05) is 13.2 Å². The highest BCUT2D eigenvalue weighted by molar-refractivity contribution is 5.93. The van der Waals surface area contributed by atoms with Crippen molar-refractivity contribution in [3.63, 3.8) is 0 Å². The summed E-state index contributed by atoms with van der Waals surface area (Å²) in [6.45, 7) is 8.57. The van der Waals surface area contributed by atoms with Gasteiger partial charge in [-0.25, -0.2) is 4.98 Å². The molecule has 1 amide bonds. The number of hydrogen-bond donors (Lipinski definition) is 1. The van der Waals surface area contributed by atoms with E-state index in [1.165, 1.54) is 5.56 Å². The second kappa shape index (κ2) is 10.5. The van der Waals surface area contributed by atoms with E-state index in [1.807, 2.05) is 30.3 Å². The van der Waals surface area contributed by atoms with Crippen LogP contribution in [0.4, 0.5) is 0 Å². The number of aromatic nitrogens is 3. The Bertz CT molecular complexity index is 1220. The third-order valence-corrected chi connectivity index (χ3v) is 5.83. The quantitative estimate of drug-likeness (QED) is 0.353. The highest BCUT2D eigenvalue weighted by Gasteiger charge is 2.14. The van der Waals surface area contributed by atoms with Gasteiger partial charge in [-0.15, -0.1) is 0 Å². The van der Waals surface area contributed by atoms with Gasteiger partial charge in [0.1, 0.15) is 11.6 Å². The van der Waals surface area contributed by atoms with Crippen molar-refractivity contribution in [3.05, 3.63) is 90.0 Å². The van der Waals surface area contributed by atoms with Crippen molar-refractivity contribution in [1.82, 2.24) is 19.9 Å². The van der Waals surface area contributed by atoms with Crippen LogP contribution in [0.3, 0.4) is 0 Å². The molecular formula is C28H32N4O2. The summed E-state index contributed by atoms with van der Waals surface area (Å²) in [5, 5.41) is 2.98. The fourth-order valence-electron chi connectivity index (χ4n) is 3.92. The van der Waals surface area contributed by atoms with E-state index in [2.05, 4.69) is 53.8 Å². The lowest BCUT2D eigenvalue weighted by atomic mass is 9.87. The summed E-state index contributed by atoms with van der Waals surface area (Å²) >= 11 is 0. The average molecular weight is 457 g/mol. The number of carbonyl (C=O) groups excluding carboxylic acids is 1. The van der Waals surface area contributed by atoms with Gasteiger partial charge in [-0.2, -0.15) is 0 Å². The molecular weight excluding hydrogens is 424 g/mol. The van der Waals surface area contributed by atoms with E-state index < -0.39 is 0 Å². The Hall–Kier alpha value is -3.67. The first-order valence-electron chi connectivity index (χ1n) is 11.8. The summed E-state index contributed by atoms with van der Waals surface area (Å²) in [6, 6.07) is 19.9. The van der Waals surface area contributed by atoms with Crippen molar-refractivity contribution in [2.24, 2.45) is 0 Å². The average Bonchev–Trinajstić information content (AvgIpc) is 3.19. The van der Waals surface area contributed by atoms with Crippen molar-refractivity contribution >= 4 is 16.9 Å². The predicted molar refractivity (Wildman–Crippen MR) is 135 cm³/mol. The van der Waals surface area contributed by atoms with Gasteiger partial charge in [-0.05, 0) is 53.8 Å². The number of benzene rings is 2. The molecule has 0 unspecified atom stereocenters. The van der Waals surface area contributed by atoms with Crippen molar-refractivity contribution in [1.29, 1.82) is 0 Å². The maximum atomic E-state index is 12.3. The van der Waals surface area contributed by atoms with Crippen LogP contribution >= 0.6 is 0 Å². The molecule has 0 saturated carbocycles. The molecule has 0 aliphatic heterocycles. The zero-order valence-electron chi connectivity index (χ0n) is 20.1. The molecule has 34 heavy (non-hydrogen) atoms. The molecule has 0 radical (unpaired) electrons. The monoisotopic (exact) mass is 456 g/mol. The molecule has 4 aromatic rings. The minimum absolute atomic E-state index is 0.101. The van der Waals surface area contributed by atoms with Gasteiger partial charge in [-0.1, -0.05) is 45.0 Å². The van der Waals surface area contributed by atoms with Crippen molar-refractivity contribution in [2.45, 2.75) is 45.6 Å². The van der Waals surface area contributed by atoms with Crippen LogP contribution in [0, 0.1) is 0 Å². The Morgan fingerprint density at radius 1 is 1.00 bits per heavy atom. The van der Waals surface area contributed by atoms with Gasteiger partial charge < -0.3 is 14.6 Å². The smallest absolute Gasteiger partial charge is 0.251 e. The minimum Gasteiger partial charge on any atom is -0.494 e. The van der Waals surface area contributed by atoms with Crippen molar-refractivity contribution in [3.8, 4) is 5.75 Å². The fourth-order valence-corrected chi connectivity index (χ4v) is 3.92. The third-order valence-electron chi connectivity index (χ3n) is 5.83.